The Kier molecular flexibility index (Phi) is 4.87. The molecule has 5 rings (SSSR count). The highest BCUT2D eigenvalue weighted by Gasteiger charge is 2.61. The first-order valence-electron chi connectivity index (χ1n) is 11.9. The Bertz CT molecular complexity index is 894. The van der Waals surface area contributed by atoms with E-state index in [1.165, 1.54) is 0 Å². The highest BCUT2D eigenvalue weighted by Crippen LogP contribution is 2.45. The minimum absolute atomic E-state index is 0.0654. The lowest BCUT2D eigenvalue weighted by Crippen LogP contribution is -2.63. The van der Waals surface area contributed by atoms with E-state index in [2.05, 4.69) is 24.0 Å². The summed E-state index contributed by atoms with van der Waals surface area (Å²) in [4.78, 5) is 32.6. The number of amides is 2. The van der Waals surface area contributed by atoms with Crippen LogP contribution in [0, 0.1) is 11.3 Å². The Balaban J connectivity index is 1.31. The predicted octanol–water partition coefficient (Wildman–Crippen LogP) is 3.37. The summed E-state index contributed by atoms with van der Waals surface area (Å²) < 4.78 is 0. The van der Waals surface area contributed by atoms with Crippen molar-refractivity contribution in [3.8, 4) is 0 Å². The highest BCUT2D eigenvalue weighted by atomic mass is 16.2. The van der Waals surface area contributed by atoms with Crippen LogP contribution in [0.1, 0.15) is 64.4 Å². The monoisotopic (exact) mass is 422 g/mol. The molecule has 0 bridgehead atoms. The van der Waals surface area contributed by atoms with Gasteiger partial charge < -0.3 is 9.80 Å². The number of guanidine groups is 1. The molecule has 1 saturated carbocycles. The molecule has 3 aliphatic heterocycles. The van der Waals surface area contributed by atoms with Crippen LogP contribution < -0.4 is 0 Å². The first-order chi connectivity index (χ1) is 14.9. The van der Waals surface area contributed by atoms with Gasteiger partial charge in [0.05, 0.1) is 5.41 Å². The van der Waals surface area contributed by atoms with Crippen molar-refractivity contribution in [3.63, 3.8) is 0 Å². The van der Waals surface area contributed by atoms with Crippen molar-refractivity contribution in [2.45, 2.75) is 75.8 Å². The predicted molar refractivity (Wildman–Crippen MR) is 120 cm³/mol. The zero-order valence-electron chi connectivity index (χ0n) is 18.8. The van der Waals surface area contributed by atoms with Crippen LogP contribution in [0.5, 0.6) is 0 Å². The molecule has 6 nitrogen and oxygen atoms in total. The summed E-state index contributed by atoms with van der Waals surface area (Å²) in [6.45, 7) is 6.09. The SMILES string of the molecule is CC1CC2(C)C(=O)N(CC3CCCN(C(=O)C4(c5ccccc5)CCCC4)C3)C(=N)N12. The summed E-state index contributed by atoms with van der Waals surface area (Å²) in [5.41, 5.74) is 0.247. The Labute approximate surface area is 185 Å². The zero-order chi connectivity index (χ0) is 21.8. The zero-order valence-corrected chi connectivity index (χ0v) is 18.8. The second-order valence-corrected chi connectivity index (χ2v) is 10.4. The van der Waals surface area contributed by atoms with Gasteiger partial charge in [-0.2, -0.15) is 0 Å². The topological polar surface area (TPSA) is 67.7 Å². The fourth-order valence-corrected chi connectivity index (χ4v) is 6.78. The minimum atomic E-state index is -0.526. The first kappa shape index (κ1) is 20.5. The molecule has 1 aliphatic carbocycles. The van der Waals surface area contributed by atoms with Crippen LogP contribution in [0.3, 0.4) is 0 Å². The summed E-state index contributed by atoms with van der Waals surface area (Å²) >= 11 is 0. The van der Waals surface area contributed by atoms with Gasteiger partial charge in [0.25, 0.3) is 5.91 Å². The standard InChI is InChI=1S/C25H34N4O2/c1-18-15-24(2)21(30)28(23(26)29(18)24)17-19-9-8-14-27(16-19)22(31)25(12-6-7-13-25)20-10-4-3-5-11-20/h3-5,10-11,18-19,26H,6-9,12-17H2,1-2H3. The maximum Gasteiger partial charge on any atom is 0.255 e. The van der Waals surface area contributed by atoms with Gasteiger partial charge in [0.2, 0.25) is 11.9 Å². The molecule has 166 valence electrons. The number of carbonyl (C=O) groups is 2. The number of hydrogen-bond acceptors (Lipinski definition) is 3. The molecule has 2 amide bonds. The average molecular weight is 423 g/mol. The molecule has 3 saturated heterocycles. The summed E-state index contributed by atoms with van der Waals surface area (Å²) in [7, 11) is 0. The fraction of sp³-hybridized carbons (Fsp3) is 0.640. The fourth-order valence-electron chi connectivity index (χ4n) is 6.78. The first-order valence-corrected chi connectivity index (χ1v) is 11.9. The van der Waals surface area contributed by atoms with E-state index in [4.69, 9.17) is 5.41 Å². The van der Waals surface area contributed by atoms with Gasteiger partial charge >= 0.3 is 0 Å². The van der Waals surface area contributed by atoms with Gasteiger partial charge in [-0.3, -0.25) is 19.9 Å². The van der Waals surface area contributed by atoms with Crippen LogP contribution in [0.25, 0.3) is 0 Å². The van der Waals surface area contributed by atoms with Gasteiger partial charge in [-0.05, 0) is 57.4 Å². The highest BCUT2D eigenvalue weighted by molar-refractivity contribution is 6.09. The Hall–Kier alpha value is -2.37. The molecule has 4 aliphatic rings. The molecule has 0 spiro atoms. The second kappa shape index (κ2) is 7.35. The lowest BCUT2D eigenvalue weighted by atomic mass is 9.77. The molecule has 0 aromatic heterocycles. The smallest absolute Gasteiger partial charge is 0.255 e. The van der Waals surface area contributed by atoms with Crippen molar-refractivity contribution in [1.82, 2.24) is 14.7 Å². The van der Waals surface area contributed by atoms with E-state index < -0.39 is 5.54 Å². The molecule has 3 atom stereocenters. The van der Waals surface area contributed by atoms with Gasteiger partial charge in [0.1, 0.15) is 5.54 Å². The van der Waals surface area contributed by atoms with Crippen LogP contribution in [0.2, 0.25) is 0 Å². The Morgan fingerprint density at radius 2 is 1.87 bits per heavy atom. The van der Waals surface area contributed by atoms with Crippen LogP contribution in [0.15, 0.2) is 30.3 Å². The van der Waals surface area contributed by atoms with E-state index in [9.17, 15) is 9.59 Å². The second-order valence-electron chi connectivity index (χ2n) is 10.4. The summed E-state index contributed by atoms with van der Waals surface area (Å²) in [5, 5.41) is 8.56. The summed E-state index contributed by atoms with van der Waals surface area (Å²) in [6, 6.07) is 10.6. The van der Waals surface area contributed by atoms with E-state index in [1.54, 1.807) is 4.90 Å². The number of fused-ring (bicyclic) bond motifs is 1. The van der Waals surface area contributed by atoms with Crippen LogP contribution in [-0.4, -0.2) is 63.7 Å². The van der Waals surface area contributed by atoms with Crippen LogP contribution in [0.4, 0.5) is 0 Å². The molecule has 6 heteroatoms. The van der Waals surface area contributed by atoms with Gasteiger partial charge in [-0.15, -0.1) is 0 Å². The number of likely N-dealkylation sites (tertiary alicyclic amines) is 1. The van der Waals surface area contributed by atoms with E-state index >= 15 is 0 Å². The molecule has 4 fully saturated rings. The maximum atomic E-state index is 13.8. The molecule has 1 N–H and O–H groups in total. The normalized spacial score (nSPS) is 32.3. The number of nitrogens with zero attached hydrogens (tertiary/aromatic N) is 3. The number of rotatable bonds is 4. The van der Waals surface area contributed by atoms with Crippen LogP contribution >= 0.6 is 0 Å². The van der Waals surface area contributed by atoms with E-state index in [0.29, 0.717) is 19.0 Å². The third-order valence-electron chi connectivity index (χ3n) is 8.29. The van der Waals surface area contributed by atoms with Gasteiger partial charge in [-0.1, -0.05) is 43.2 Å². The number of carbonyl (C=O) groups excluding carboxylic acids is 2. The largest absolute Gasteiger partial charge is 0.342 e. The van der Waals surface area contributed by atoms with Crippen molar-refractivity contribution in [2.24, 2.45) is 5.92 Å². The number of piperidine rings is 1. The maximum absolute atomic E-state index is 13.8. The van der Waals surface area contributed by atoms with Crippen molar-refractivity contribution >= 4 is 17.8 Å². The van der Waals surface area contributed by atoms with E-state index in [0.717, 1.165) is 57.1 Å². The van der Waals surface area contributed by atoms with E-state index in [1.807, 2.05) is 30.0 Å². The third-order valence-corrected chi connectivity index (χ3v) is 8.29. The third kappa shape index (κ3) is 3.01. The average Bonchev–Trinajstić information content (AvgIpc) is 3.32. The van der Waals surface area contributed by atoms with Crippen molar-refractivity contribution in [1.29, 1.82) is 5.41 Å². The molecule has 31 heavy (non-hydrogen) atoms. The summed E-state index contributed by atoms with van der Waals surface area (Å²) in [6.07, 6.45) is 6.85. The van der Waals surface area contributed by atoms with Crippen molar-refractivity contribution in [3.05, 3.63) is 35.9 Å². The van der Waals surface area contributed by atoms with Crippen LogP contribution in [-0.2, 0) is 15.0 Å². The lowest BCUT2D eigenvalue weighted by molar-refractivity contribution is -0.140. The number of benzene rings is 1. The van der Waals surface area contributed by atoms with Gasteiger partial charge in [0, 0.05) is 25.7 Å². The van der Waals surface area contributed by atoms with E-state index in [-0.39, 0.29) is 29.2 Å². The Morgan fingerprint density at radius 3 is 2.52 bits per heavy atom. The molecule has 1 aromatic carbocycles. The number of nitrogens with one attached hydrogen (secondary N) is 1. The summed E-state index contributed by atoms with van der Waals surface area (Å²) in [5.74, 6) is 0.920. The Morgan fingerprint density at radius 1 is 1.16 bits per heavy atom. The molecule has 3 unspecified atom stereocenters. The molecule has 3 heterocycles. The molecule has 1 aromatic rings. The van der Waals surface area contributed by atoms with Crippen molar-refractivity contribution < 1.29 is 9.59 Å². The molecular weight excluding hydrogens is 388 g/mol. The lowest BCUT2D eigenvalue weighted by Gasteiger charge is -2.49. The number of hydrogen-bond donors (Lipinski definition) is 1. The quantitative estimate of drug-likeness (QED) is 0.809. The van der Waals surface area contributed by atoms with Gasteiger partial charge in [0.15, 0.2) is 0 Å². The molecular formula is C25H34N4O2. The van der Waals surface area contributed by atoms with Gasteiger partial charge in [-0.25, -0.2) is 0 Å². The van der Waals surface area contributed by atoms with Crippen molar-refractivity contribution in [2.75, 3.05) is 19.6 Å². The molecule has 0 radical (unpaired) electrons. The minimum Gasteiger partial charge on any atom is -0.342 e.